The Morgan fingerprint density at radius 1 is 1.06 bits per heavy atom. The molecule has 0 radical (unpaired) electrons. The van der Waals surface area contributed by atoms with Crippen LogP contribution in [0.2, 0.25) is 5.02 Å². The van der Waals surface area contributed by atoms with Gasteiger partial charge in [-0.1, -0.05) is 30.7 Å². The highest BCUT2D eigenvalue weighted by molar-refractivity contribution is 6.30. The summed E-state index contributed by atoms with van der Waals surface area (Å²) in [7, 11) is 1.25. The molecule has 1 aromatic heterocycles. The molecule has 0 fully saturated rings. The van der Waals surface area contributed by atoms with Crippen LogP contribution in [0, 0.1) is 0 Å². The van der Waals surface area contributed by atoms with E-state index in [-0.39, 0.29) is 25.1 Å². The highest BCUT2D eigenvalue weighted by atomic mass is 35.5. The minimum absolute atomic E-state index is 0.0801. The average molecular weight is 473 g/mol. The zero-order valence-corrected chi connectivity index (χ0v) is 19.2. The van der Waals surface area contributed by atoms with Gasteiger partial charge in [0.2, 0.25) is 5.62 Å². The molecule has 0 unspecified atom stereocenters. The Labute approximate surface area is 194 Å². The predicted molar refractivity (Wildman–Crippen MR) is 124 cm³/mol. The van der Waals surface area contributed by atoms with Crippen molar-refractivity contribution in [1.82, 2.24) is 14.1 Å². The predicted octanol–water partition coefficient (Wildman–Crippen LogP) is 2.62. The van der Waals surface area contributed by atoms with Gasteiger partial charge in [-0.25, -0.2) is 19.1 Å². The number of esters is 1. The molecule has 2 aromatic carbocycles. The lowest BCUT2D eigenvalue weighted by Crippen LogP contribution is -2.50. The minimum Gasteiger partial charge on any atom is -0.494 e. The van der Waals surface area contributed by atoms with E-state index < -0.39 is 17.3 Å². The number of aromatic amines is 1. The van der Waals surface area contributed by atoms with E-state index in [4.69, 9.17) is 16.3 Å². The molecule has 0 spiro atoms. The summed E-state index contributed by atoms with van der Waals surface area (Å²) in [4.78, 5) is 44.5. The summed E-state index contributed by atoms with van der Waals surface area (Å²) in [5.41, 5.74) is 0.132. The van der Waals surface area contributed by atoms with Crippen LogP contribution in [0.5, 0.6) is 5.75 Å². The topological polar surface area (TPSA) is 108 Å². The molecule has 3 aromatic rings. The molecule has 0 aliphatic carbocycles. The van der Waals surface area contributed by atoms with Gasteiger partial charge in [-0.3, -0.25) is 14.3 Å². The van der Waals surface area contributed by atoms with Gasteiger partial charge in [0.15, 0.2) is 0 Å². The lowest BCUT2D eigenvalue weighted by molar-refractivity contribution is -0.140. The first-order chi connectivity index (χ1) is 15.9. The molecule has 174 valence electrons. The number of carbonyl (C=O) groups is 1. The van der Waals surface area contributed by atoms with Crippen molar-refractivity contribution in [3.63, 3.8) is 0 Å². The molecule has 10 heteroatoms. The van der Waals surface area contributed by atoms with Gasteiger partial charge in [-0.2, -0.15) is 0 Å². The van der Waals surface area contributed by atoms with E-state index in [1.54, 1.807) is 48.5 Å². The van der Waals surface area contributed by atoms with Crippen LogP contribution < -0.4 is 21.7 Å². The molecule has 0 aliphatic rings. The van der Waals surface area contributed by atoms with Crippen molar-refractivity contribution in [2.45, 2.75) is 32.9 Å². The van der Waals surface area contributed by atoms with Gasteiger partial charge >= 0.3 is 17.3 Å². The summed E-state index contributed by atoms with van der Waals surface area (Å²) < 4.78 is 12.5. The Balaban J connectivity index is 2.06. The highest BCUT2D eigenvalue weighted by Gasteiger charge is 2.12. The van der Waals surface area contributed by atoms with E-state index in [9.17, 15) is 14.4 Å². The number of hydrogen-bond acceptors (Lipinski definition) is 6. The third-order valence-corrected chi connectivity index (χ3v) is 5.00. The molecule has 0 saturated heterocycles. The van der Waals surface area contributed by atoms with Gasteiger partial charge in [0.1, 0.15) is 5.75 Å². The second-order valence-corrected chi connectivity index (χ2v) is 7.62. The largest absolute Gasteiger partial charge is 0.494 e. The number of carbonyl (C=O) groups excluding carboxylic acids is 1. The lowest BCUT2D eigenvalue weighted by atomic mass is 10.2. The van der Waals surface area contributed by atoms with Crippen molar-refractivity contribution in [2.75, 3.05) is 13.7 Å². The van der Waals surface area contributed by atoms with Gasteiger partial charge in [0.25, 0.3) is 0 Å². The smallest absolute Gasteiger partial charge is 0.335 e. The monoisotopic (exact) mass is 472 g/mol. The molecular formula is C23H25ClN4O5. The lowest BCUT2D eigenvalue weighted by Gasteiger charge is -2.11. The molecule has 3 rings (SSSR count). The fourth-order valence-corrected chi connectivity index (χ4v) is 3.14. The molecule has 33 heavy (non-hydrogen) atoms. The molecule has 0 bridgehead atoms. The first-order valence-electron chi connectivity index (χ1n) is 10.4. The van der Waals surface area contributed by atoms with Crippen molar-refractivity contribution in [1.29, 1.82) is 0 Å². The molecule has 9 nitrogen and oxygen atoms in total. The van der Waals surface area contributed by atoms with Crippen LogP contribution in [0.3, 0.4) is 0 Å². The van der Waals surface area contributed by atoms with Crippen molar-refractivity contribution in [3.05, 3.63) is 85.7 Å². The van der Waals surface area contributed by atoms with Gasteiger partial charge in [0, 0.05) is 11.6 Å². The maximum absolute atomic E-state index is 13.2. The van der Waals surface area contributed by atoms with Crippen molar-refractivity contribution in [3.8, 4) is 5.75 Å². The number of aromatic nitrogens is 3. The standard InChI is InChI=1S/C23H25ClN4O5/c1-3-14-33-19-10-8-18(9-11-19)25-21-26-22(30)27(13-12-20(29)32-2)23(31)28(21)15-16-4-6-17(24)7-5-16/h4-11H,3,12-15H2,1-2H3,(H,25,26,30). The first-order valence-corrected chi connectivity index (χ1v) is 10.8. The Kier molecular flexibility index (Phi) is 8.26. The van der Waals surface area contributed by atoms with Crippen LogP contribution >= 0.6 is 11.6 Å². The molecule has 1 heterocycles. The van der Waals surface area contributed by atoms with Crippen LogP contribution in [0.25, 0.3) is 0 Å². The molecular weight excluding hydrogens is 448 g/mol. The summed E-state index contributed by atoms with van der Waals surface area (Å²) in [5, 5.41) is 0.566. The third-order valence-electron chi connectivity index (χ3n) is 4.75. The van der Waals surface area contributed by atoms with E-state index >= 15 is 0 Å². The Morgan fingerprint density at radius 3 is 2.39 bits per heavy atom. The Morgan fingerprint density at radius 2 is 1.76 bits per heavy atom. The van der Waals surface area contributed by atoms with Crippen LogP contribution in [0.1, 0.15) is 25.3 Å². The van der Waals surface area contributed by atoms with Gasteiger partial charge in [0.05, 0.1) is 32.4 Å². The summed E-state index contributed by atoms with van der Waals surface area (Å²) in [6.45, 7) is 2.65. The number of hydrogen-bond donors (Lipinski definition) is 1. The van der Waals surface area contributed by atoms with Gasteiger partial charge in [-0.05, 0) is 48.4 Å². The van der Waals surface area contributed by atoms with Crippen LogP contribution in [-0.2, 0) is 22.6 Å². The Hall–Kier alpha value is -3.59. The van der Waals surface area contributed by atoms with Crippen LogP contribution in [0.4, 0.5) is 5.69 Å². The molecule has 0 atom stereocenters. The quantitative estimate of drug-likeness (QED) is 0.482. The number of rotatable bonds is 9. The van der Waals surface area contributed by atoms with Gasteiger partial charge < -0.3 is 9.47 Å². The maximum Gasteiger partial charge on any atom is 0.335 e. The van der Waals surface area contributed by atoms with Crippen LogP contribution in [-0.4, -0.2) is 33.8 Å². The molecule has 0 saturated carbocycles. The second kappa shape index (κ2) is 11.3. The number of nitrogens with zero attached hydrogens (tertiary/aromatic N) is 3. The zero-order chi connectivity index (χ0) is 23.8. The number of halogens is 1. The van der Waals surface area contributed by atoms with E-state index in [0.717, 1.165) is 16.6 Å². The van der Waals surface area contributed by atoms with Gasteiger partial charge in [-0.15, -0.1) is 0 Å². The van der Waals surface area contributed by atoms with E-state index in [2.05, 4.69) is 14.7 Å². The summed E-state index contributed by atoms with van der Waals surface area (Å²) in [6, 6.07) is 14.0. The summed E-state index contributed by atoms with van der Waals surface area (Å²) in [6.07, 6.45) is 0.778. The number of H-pyrrole nitrogens is 1. The number of methoxy groups -OCH3 is 1. The SMILES string of the molecule is CCCOc1ccc(/N=c2\[nH]c(=O)n(CCC(=O)OC)c(=O)n2Cc2ccc(Cl)cc2)cc1. The highest BCUT2D eigenvalue weighted by Crippen LogP contribution is 2.17. The first kappa shape index (κ1) is 24.1. The Bertz CT molecular complexity index is 1270. The van der Waals surface area contributed by atoms with Crippen molar-refractivity contribution in [2.24, 2.45) is 4.99 Å². The summed E-state index contributed by atoms with van der Waals surface area (Å²) >= 11 is 5.97. The third kappa shape index (κ3) is 6.45. The van der Waals surface area contributed by atoms with Crippen molar-refractivity contribution < 1.29 is 14.3 Å². The van der Waals surface area contributed by atoms with E-state index in [1.165, 1.54) is 11.7 Å². The average Bonchev–Trinajstić information content (AvgIpc) is 2.82. The zero-order valence-electron chi connectivity index (χ0n) is 18.4. The summed E-state index contributed by atoms with van der Waals surface area (Å²) in [5.74, 6) is 0.182. The molecule has 1 N–H and O–H groups in total. The number of nitrogens with one attached hydrogen (secondary N) is 1. The number of ether oxygens (including phenoxy) is 2. The van der Waals surface area contributed by atoms with Crippen LogP contribution in [0.15, 0.2) is 63.1 Å². The fourth-order valence-electron chi connectivity index (χ4n) is 3.02. The molecule has 0 aliphatic heterocycles. The maximum atomic E-state index is 13.2. The second-order valence-electron chi connectivity index (χ2n) is 7.18. The number of benzene rings is 2. The van der Waals surface area contributed by atoms with Crippen molar-refractivity contribution >= 4 is 23.3 Å². The minimum atomic E-state index is -0.669. The van der Waals surface area contributed by atoms with E-state index in [1.807, 2.05) is 6.92 Å². The fraction of sp³-hybridized carbons (Fsp3) is 0.304. The normalized spacial score (nSPS) is 11.4. The molecule has 0 amide bonds. The van der Waals surface area contributed by atoms with E-state index in [0.29, 0.717) is 23.1 Å².